The normalized spacial score (nSPS) is 14.9. The van der Waals surface area contributed by atoms with E-state index < -0.39 is 4.92 Å². The molecule has 9 heteroatoms. The summed E-state index contributed by atoms with van der Waals surface area (Å²) in [5.74, 6) is 1.36. The summed E-state index contributed by atoms with van der Waals surface area (Å²) in [6.45, 7) is 3.51. The van der Waals surface area contributed by atoms with Crippen LogP contribution in [0.3, 0.4) is 0 Å². The third-order valence-corrected chi connectivity index (χ3v) is 4.41. The van der Waals surface area contributed by atoms with E-state index in [-0.39, 0.29) is 11.5 Å². The van der Waals surface area contributed by atoms with Gasteiger partial charge in [0.2, 0.25) is 11.6 Å². The number of piperazine rings is 1. The Kier molecular flexibility index (Phi) is 5.47. The molecule has 0 saturated carbocycles. The number of hydrogen-bond donors (Lipinski definition) is 1. The highest BCUT2D eigenvalue weighted by Gasteiger charge is 2.28. The zero-order chi connectivity index (χ0) is 18.5. The molecule has 1 aliphatic heterocycles. The van der Waals surface area contributed by atoms with Gasteiger partial charge >= 0.3 is 5.69 Å². The number of anilines is 2. The molecule has 0 amide bonds. The van der Waals surface area contributed by atoms with Gasteiger partial charge in [-0.3, -0.25) is 10.1 Å². The molecule has 1 aromatic carbocycles. The first-order chi connectivity index (χ1) is 12.6. The van der Waals surface area contributed by atoms with Crippen LogP contribution in [0, 0.1) is 10.1 Å². The van der Waals surface area contributed by atoms with E-state index >= 15 is 0 Å². The highest BCUT2D eigenvalue weighted by molar-refractivity contribution is 5.70. The summed E-state index contributed by atoms with van der Waals surface area (Å²) in [5, 5.41) is 14.7. The van der Waals surface area contributed by atoms with Crippen molar-refractivity contribution >= 4 is 17.3 Å². The van der Waals surface area contributed by atoms with E-state index in [0.717, 1.165) is 24.4 Å². The largest absolute Gasteiger partial charge is 0.497 e. The lowest BCUT2D eigenvalue weighted by molar-refractivity contribution is -0.383. The maximum atomic E-state index is 11.7. The molecule has 2 aromatic rings. The van der Waals surface area contributed by atoms with E-state index in [4.69, 9.17) is 4.74 Å². The van der Waals surface area contributed by atoms with Crippen molar-refractivity contribution in [3.05, 3.63) is 46.3 Å². The number of nitrogens with zero attached hydrogens (tertiary/aromatic N) is 5. The molecule has 26 heavy (non-hydrogen) atoms. The second kappa shape index (κ2) is 7.96. The molecule has 0 bridgehead atoms. The van der Waals surface area contributed by atoms with Crippen LogP contribution in [0.5, 0.6) is 5.75 Å². The Morgan fingerprint density at radius 3 is 2.50 bits per heavy atom. The number of nitrogens with one attached hydrogen (secondary N) is 1. The lowest BCUT2D eigenvalue weighted by Gasteiger charge is -2.32. The smallest absolute Gasteiger partial charge is 0.353 e. The minimum absolute atomic E-state index is 0.0782. The number of rotatable bonds is 6. The maximum absolute atomic E-state index is 11.7. The van der Waals surface area contributed by atoms with Gasteiger partial charge in [-0.1, -0.05) is 12.1 Å². The van der Waals surface area contributed by atoms with Crippen LogP contribution in [0.15, 0.2) is 30.6 Å². The van der Waals surface area contributed by atoms with Crippen molar-refractivity contribution in [2.75, 3.05) is 50.6 Å². The lowest BCUT2D eigenvalue weighted by atomic mass is 10.2. The summed E-state index contributed by atoms with van der Waals surface area (Å²) < 4.78 is 5.13. The fraction of sp³-hybridized carbons (Fsp3) is 0.412. The zero-order valence-corrected chi connectivity index (χ0v) is 14.9. The number of methoxy groups -OCH3 is 1. The highest BCUT2D eigenvalue weighted by atomic mass is 16.6. The van der Waals surface area contributed by atoms with Crippen LogP contribution in [-0.4, -0.2) is 60.1 Å². The molecular weight excluding hydrogens is 336 g/mol. The first kappa shape index (κ1) is 17.9. The average Bonchev–Trinajstić information content (AvgIpc) is 2.67. The molecule has 1 saturated heterocycles. The first-order valence-electron chi connectivity index (χ1n) is 8.38. The van der Waals surface area contributed by atoms with E-state index in [1.54, 1.807) is 7.11 Å². The predicted molar refractivity (Wildman–Crippen MR) is 98.7 cm³/mol. The topological polar surface area (TPSA) is 96.7 Å². The molecule has 1 N–H and O–H groups in total. The van der Waals surface area contributed by atoms with Crippen LogP contribution in [0.4, 0.5) is 17.3 Å². The number of ether oxygens (including phenoxy) is 1. The Hall–Kier alpha value is -2.94. The van der Waals surface area contributed by atoms with Crippen LogP contribution >= 0.6 is 0 Å². The quantitative estimate of drug-likeness (QED) is 0.616. The number of likely N-dealkylation sites (N-methyl/N-ethyl adjacent to an activating group) is 1. The minimum atomic E-state index is -0.413. The van der Waals surface area contributed by atoms with Gasteiger partial charge in [0.05, 0.1) is 12.0 Å². The van der Waals surface area contributed by atoms with Crippen molar-refractivity contribution < 1.29 is 9.66 Å². The Balaban J connectivity index is 1.80. The van der Waals surface area contributed by atoms with Gasteiger partial charge in [0.15, 0.2) is 0 Å². The molecule has 1 fully saturated rings. The van der Waals surface area contributed by atoms with Crippen molar-refractivity contribution in [1.29, 1.82) is 0 Å². The van der Waals surface area contributed by atoms with E-state index in [2.05, 4.69) is 20.2 Å². The second-order valence-corrected chi connectivity index (χ2v) is 6.14. The minimum Gasteiger partial charge on any atom is -0.497 e. The van der Waals surface area contributed by atoms with Gasteiger partial charge < -0.3 is 19.9 Å². The van der Waals surface area contributed by atoms with E-state index in [0.29, 0.717) is 25.5 Å². The van der Waals surface area contributed by atoms with E-state index in [1.807, 2.05) is 36.2 Å². The molecule has 138 valence electrons. The molecule has 0 aliphatic carbocycles. The number of nitro groups is 1. The van der Waals surface area contributed by atoms with Crippen LogP contribution in [0.25, 0.3) is 0 Å². The fourth-order valence-corrected chi connectivity index (χ4v) is 2.85. The average molecular weight is 358 g/mol. The number of benzene rings is 1. The maximum Gasteiger partial charge on any atom is 0.353 e. The lowest BCUT2D eigenvalue weighted by Crippen LogP contribution is -2.45. The summed E-state index contributed by atoms with van der Waals surface area (Å²) in [5.41, 5.74) is 0.894. The molecule has 0 atom stereocenters. The number of aromatic nitrogens is 2. The molecule has 3 rings (SSSR count). The van der Waals surface area contributed by atoms with Gasteiger partial charge in [-0.05, 0) is 24.7 Å². The van der Waals surface area contributed by atoms with Crippen molar-refractivity contribution in [2.45, 2.75) is 6.54 Å². The summed E-state index contributed by atoms with van der Waals surface area (Å²) in [6.07, 6.45) is 1.37. The molecule has 0 unspecified atom stereocenters. The van der Waals surface area contributed by atoms with Gasteiger partial charge in [-0.2, -0.15) is 0 Å². The SMILES string of the molecule is COc1ccc(CNc2ncnc(N3CCN(C)CC3)c2[N+](=O)[O-])cc1. The van der Waals surface area contributed by atoms with Crippen LogP contribution in [-0.2, 0) is 6.54 Å². The second-order valence-electron chi connectivity index (χ2n) is 6.14. The van der Waals surface area contributed by atoms with Crippen LogP contribution < -0.4 is 15.0 Å². The third-order valence-electron chi connectivity index (χ3n) is 4.41. The van der Waals surface area contributed by atoms with Gasteiger partial charge in [0.1, 0.15) is 12.1 Å². The van der Waals surface area contributed by atoms with Crippen molar-refractivity contribution in [3.63, 3.8) is 0 Å². The summed E-state index contributed by atoms with van der Waals surface area (Å²) in [7, 11) is 3.64. The van der Waals surface area contributed by atoms with Gasteiger partial charge in [0.25, 0.3) is 0 Å². The first-order valence-corrected chi connectivity index (χ1v) is 8.38. The fourth-order valence-electron chi connectivity index (χ4n) is 2.85. The molecule has 9 nitrogen and oxygen atoms in total. The molecule has 0 spiro atoms. The zero-order valence-electron chi connectivity index (χ0n) is 14.9. The van der Waals surface area contributed by atoms with E-state index in [1.165, 1.54) is 6.33 Å². The van der Waals surface area contributed by atoms with Gasteiger partial charge in [-0.15, -0.1) is 0 Å². The summed E-state index contributed by atoms with van der Waals surface area (Å²) in [6, 6.07) is 7.50. The van der Waals surface area contributed by atoms with Crippen molar-refractivity contribution in [1.82, 2.24) is 14.9 Å². The van der Waals surface area contributed by atoms with Gasteiger partial charge in [0, 0.05) is 32.7 Å². The molecule has 1 aliphatic rings. The Morgan fingerprint density at radius 1 is 1.19 bits per heavy atom. The highest BCUT2D eigenvalue weighted by Crippen LogP contribution is 2.32. The molecule has 1 aromatic heterocycles. The Morgan fingerprint density at radius 2 is 1.88 bits per heavy atom. The predicted octanol–water partition coefficient (Wildman–Crippen LogP) is 1.76. The van der Waals surface area contributed by atoms with Crippen molar-refractivity contribution in [2.24, 2.45) is 0 Å². The standard InChI is InChI=1S/C17H22N6O3/c1-21-7-9-22(10-8-21)17-15(23(24)25)16(19-12-20-17)18-11-13-3-5-14(26-2)6-4-13/h3-6,12H,7-11H2,1-2H3,(H,18,19,20). The van der Waals surface area contributed by atoms with Crippen LogP contribution in [0.1, 0.15) is 5.56 Å². The monoisotopic (exact) mass is 358 g/mol. The Labute approximate surface area is 151 Å². The van der Waals surface area contributed by atoms with Crippen LogP contribution in [0.2, 0.25) is 0 Å². The third kappa shape index (κ3) is 3.99. The molecular formula is C17H22N6O3. The van der Waals surface area contributed by atoms with E-state index in [9.17, 15) is 10.1 Å². The Bertz CT molecular complexity index is 760. The van der Waals surface area contributed by atoms with Gasteiger partial charge in [-0.25, -0.2) is 9.97 Å². The number of hydrogen-bond acceptors (Lipinski definition) is 8. The molecule has 0 radical (unpaired) electrons. The summed E-state index contributed by atoms with van der Waals surface area (Å²) >= 11 is 0. The summed E-state index contributed by atoms with van der Waals surface area (Å²) in [4.78, 5) is 23.7. The van der Waals surface area contributed by atoms with Crippen molar-refractivity contribution in [3.8, 4) is 5.75 Å². The molecule has 2 heterocycles.